The lowest BCUT2D eigenvalue weighted by atomic mass is 10.1. The number of anilines is 1. The number of nitrogens with one attached hydrogen (secondary N) is 1. The third kappa shape index (κ3) is 2.40. The Morgan fingerprint density at radius 2 is 2.25 bits per heavy atom. The van der Waals surface area contributed by atoms with Gasteiger partial charge >= 0.3 is 0 Å². The lowest BCUT2D eigenvalue weighted by Crippen LogP contribution is -2.08. The molecule has 2 rings (SSSR count). The third-order valence-corrected chi connectivity index (χ3v) is 4.29. The summed E-state index contributed by atoms with van der Waals surface area (Å²) in [5.41, 5.74) is 3.81. The van der Waals surface area contributed by atoms with Gasteiger partial charge in [-0.25, -0.2) is 0 Å². The van der Waals surface area contributed by atoms with Crippen LogP contribution in [0.2, 0.25) is 0 Å². The van der Waals surface area contributed by atoms with Crippen LogP contribution in [0.3, 0.4) is 0 Å². The van der Waals surface area contributed by atoms with Crippen LogP contribution in [0.1, 0.15) is 24.5 Å². The van der Waals surface area contributed by atoms with Crippen molar-refractivity contribution >= 4 is 22.6 Å². The van der Waals surface area contributed by atoms with E-state index in [0.717, 1.165) is 11.7 Å². The molecule has 1 aliphatic rings. The maximum absolute atomic E-state index is 4.52. The molecule has 2 nitrogen and oxygen atoms in total. The molecule has 1 aliphatic heterocycles. The van der Waals surface area contributed by atoms with Gasteiger partial charge in [-0.15, -0.1) is 0 Å². The second-order valence-corrected chi connectivity index (χ2v) is 5.46. The van der Waals surface area contributed by atoms with Gasteiger partial charge in [0.15, 0.2) is 5.17 Å². The van der Waals surface area contributed by atoms with Gasteiger partial charge in [0.2, 0.25) is 0 Å². The molecule has 1 heterocycles. The van der Waals surface area contributed by atoms with Crippen LogP contribution in [0.15, 0.2) is 23.2 Å². The first-order valence-electron chi connectivity index (χ1n) is 5.75. The van der Waals surface area contributed by atoms with Gasteiger partial charge in [0.25, 0.3) is 0 Å². The van der Waals surface area contributed by atoms with Crippen molar-refractivity contribution in [2.75, 3.05) is 11.9 Å². The van der Waals surface area contributed by atoms with Gasteiger partial charge in [0.1, 0.15) is 0 Å². The molecule has 0 fully saturated rings. The first kappa shape index (κ1) is 11.5. The van der Waals surface area contributed by atoms with E-state index in [4.69, 9.17) is 0 Å². The molecular weight excluding hydrogens is 216 g/mol. The average molecular weight is 234 g/mol. The summed E-state index contributed by atoms with van der Waals surface area (Å²) in [7, 11) is 0. The fourth-order valence-corrected chi connectivity index (χ4v) is 2.65. The van der Waals surface area contributed by atoms with Crippen LogP contribution in [-0.2, 0) is 0 Å². The smallest absolute Gasteiger partial charge is 0.161 e. The quantitative estimate of drug-likeness (QED) is 0.845. The molecule has 86 valence electrons. The molecule has 0 aliphatic carbocycles. The molecule has 1 N–H and O–H groups in total. The van der Waals surface area contributed by atoms with Gasteiger partial charge < -0.3 is 5.32 Å². The van der Waals surface area contributed by atoms with E-state index in [1.54, 1.807) is 0 Å². The molecule has 1 aromatic carbocycles. The number of hydrogen-bond acceptors (Lipinski definition) is 3. The van der Waals surface area contributed by atoms with Gasteiger partial charge in [-0.1, -0.05) is 30.8 Å². The summed E-state index contributed by atoms with van der Waals surface area (Å²) in [4.78, 5) is 4.52. The number of aryl methyl sites for hydroxylation is 1. The Bertz CT molecular complexity index is 412. The Balaban J connectivity index is 2.08. The van der Waals surface area contributed by atoms with E-state index in [2.05, 4.69) is 49.3 Å². The first-order chi connectivity index (χ1) is 7.70. The van der Waals surface area contributed by atoms with Crippen molar-refractivity contribution < 1.29 is 0 Å². The summed E-state index contributed by atoms with van der Waals surface area (Å²) in [5, 5.41) is 5.16. The lowest BCUT2D eigenvalue weighted by molar-refractivity contribution is 0.843. The van der Waals surface area contributed by atoms with Crippen LogP contribution in [0.5, 0.6) is 0 Å². The predicted octanol–water partition coefficient (Wildman–Crippen LogP) is 3.60. The fourth-order valence-electron chi connectivity index (χ4n) is 1.70. The minimum Gasteiger partial charge on any atom is -0.335 e. The average Bonchev–Trinajstić information content (AvgIpc) is 2.73. The number of hydrogen-bond donors (Lipinski definition) is 1. The lowest BCUT2D eigenvalue weighted by Gasteiger charge is -2.11. The first-order valence-corrected chi connectivity index (χ1v) is 6.63. The molecule has 0 amide bonds. The minimum atomic E-state index is 0.660. The summed E-state index contributed by atoms with van der Waals surface area (Å²) < 4.78 is 0. The van der Waals surface area contributed by atoms with Crippen LogP contribution in [0.4, 0.5) is 5.69 Å². The second-order valence-electron chi connectivity index (χ2n) is 4.17. The molecule has 0 saturated carbocycles. The van der Waals surface area contributed by atoms with Gasteiger partial charge in [-0.05, 0) is 37.5 Å². The van der Waals surface area contributed by atoms with Gasteiger partial charge in [0, 0.05) is 10.9 Å². The number of amidine groups is 1. The fraction of sp³-hybridized carbons (Fsp3) is 0.462. The molecule has 0 spiro atoms. The molecule has 1 aromatic rings. The third-order valence-electron chi connectivity index (χ3n) is 3.02. The predicted molar refractivity (Wildman–Crippen MR) is 73.5 cm³/mol. The highest BCUT2D eigenvalue weighted by Crippen LogP contribution is 2.26. The van der Waals surface area contributed by atoms with Crippen molar-refractivity contribution in [3.8, 4) is 0 Å². The Hall–Kier alpha value is -0.960. The number of aliphatic imine (C=N–C) groups is 1. The van der Waals surface area contributed by atoms with Crippen molar-refractivity contribution in [3.63, 3.8) is 0 Å². The Labute approximate surface area is 102 Å². The van der Waals surface area contributed by atoms with Gasteiger partial charge in [0.05, 0.1) is 6.54 Å². The summed E-state index contributed by atoms with van der Waals surface area (Å²) >= 11 is 1.86. The minimum absolute atomic E-state index is 0.660. The van der Waals surface area contributed by atoms with Crippen LogP contribution >= 0.6 is 11.8 Å². The zero-order valence-corrected chi connectivity index (χ0v) is 10.9. The Morgan fingerprint density at radius 1 is 1.44 bits per heavy atom. The van der Waals surface area contributed by atoms with E-state index < -0.39 is 0 Å². The van der Waals surface area contributed by atoms with E-state index >= 15 is 0 Å². The highest BCUT2D eigenvalue weighted by atomic mass is 32.2. The highest BCUT2D eigenvalue weighted by Gasteiger charge is 2.18. The summed E-state index contributed by atoms with van der Waals surface area (Å²) in [6.45, 7) is 7.45. The van der Waals surface area contributed by atoms with E-state index in [-0.39, 0.29) is 0 Å². The van der Waals surface area contributed by atoms with E-state index in [1.807, 2.05) is 11.8 Å². The molecule has 0 saturated heterocycles. The molecule has 16 heavy (non-hydrogen) atoms. The van der Waals surface area contributed by atoms with Crippen molar-refractivity contribution in [1.82, 2.24) is 0 Å². The van der Waals surface area contributed by atoms with Crippen molar-refractivity contribution in [2.24, 2.45) is 4.99 Å². The summed E-state index contributed by atoms with van der Waals surface area (Å²) in [6.07, 6.45) is 1.19. The maximum atomic E-state index is 4.52. The SMILES string of the molecule is CCC1CN=C(Nc2cccc(C)c2C)S1. The molecule has 1 unspecified atom stereocenters. The standard InChI is InChI=1S/C13H18N2S/c1-4-11-8-14-13(16-11)15-12-7-5-6-9(2)10(12)3/h5-7,11H,4,8H2,1-3H3,(H,14,15). The summed E-state index contributed by atoms with van der Waals surface area (Å²) in [6, 6.07) is 6.34. The van der Waals surface area contributed by atoms with Crippen LogP contribution in [0, 0.1) is 13.8 Å². The monoisotopic (exact) mass is 234 g/mol. The van der Waals surface area contributed by atoms with Crippen LogP contribution in [-0.4, -0.2) is 17.0 Å². The number of benzene rings is 1. The molecule has 1 atom stereocenters. The number of rotatable bonds is 2. The van der Waals surface area contributed by atoms with E-state index in [1.165, 1.54) is 23.2 Å². The van der Waals surface area contributed by atoms with Crippen molar-refractivity contribution in [3.05, 3.63) is 29.3 Å². The number of thioether (sulfide) groups is 1. The highest BCUT2D eigenvalue weighted by molar-refractivity contribution is 8.15. The zero-order chi connectivity index (χ0) is 11.5. The molecule has 0 radical (unpaired) electrons. The van der Waals surface area contributed by atoms with Crippen LogP contribution < -0.4 is 5.32 Å². The second kappa shape index (κ2) is 4.91. The largest absolute Gasteiger partial charge is 0.335 e. The number of nitrogens with zero attached hydrogens (tertiary/aromatic N) is 1. The molecule has 3 heteroatoms. The van der Waals surface area contributed by atoms with E-state index in [9.17, 15) is 0 Å². The normalized spacial score (nSPS) is 19.7. The van der Waals surface area contributed by atoms with Crippen molar-refractivity contribution in [1.29, 1.82) is 0 Å². The van der Waals surface area contributed by atoms with Crippen molar-refractivity contribution in [2.45, 2.75) is 32.4 Å². The van der Waals surface area contributed by atoms with Crippen LogP contribution in [0.25, 0.3) is 0 Å². The zero-order valence-electron chi connectivity index (χ0n) is 10.1. The molecular formula is C13H18N2S. The van der Waals surface area contributed by atoms with E-state index in [0.29, 0.717) is 5.25 Å². The van der Waals surface area contributed by atoms with Gasteiger partial charge in [-0.3, -0.25) is 4.99 Å². The Morgan fingerprint density at radius 3 is 2.94 bits per heavy atom. The topological polar surface area (TPSA) is 24.4 Å². The molecule has 0 aromatic heterocycles. The Kier molecular flexibility index (Phi) is 3.54. The molecule has 0 bridgehead atoms. The maximum Gasteiger partial charge on any atom is 0.161 e. The van der Waals surface area contributed by atoms with Gasteiger partial charge in [-0.2, -0.15) is 0 Å². The summed E-state index contributed by atoms with van der Waals surface area (Å²) in [5.74, 6) is 0.